The van der Waals surface area contributed by atoms with E-state index < -0.39 is 11.0 Å². The maximum absolute atomic E-state index is 10.5. The van der Waals surface area contributed by atoms with Gasteiger partial charge in [-0.05, 0) is 31.0 Å². The zero-order chi connectivity index (χ0) is 14.3. The van der Waals surface area contributed by atoms with Crippen LogP contribution in [0.1, 0.15) is 25.0 Å². The number of ether oxygens (including phenoxy) is 1. The molecule has 0 spiro atoms. The summed E-state index contributed by atoms with van der Waals surface area (Å²) in [6, 6.07) is 6.18. The monoisotopic (exact) mass is 268 g/mol. The van der Waals surface area contributed by atoms with Crippen LogP contribution in [0.15, 0.2) is 24.3 Å². The Bertz CT molecular complexity index is 394. The number of aliphatic hydroxyl groups is 1. The van der Waals surface area contributed by atoms with Crippen LogP contribution in [-0.2, 0) is 4.74 Å². The lowest BCUT2D eigenvalue weighted by Crippen LogP contribution is -2.31. The molecule has 0 aromatic heterocycles. The second-order valence-corrected chi connectivity index (χ2v) is 4.46. The van der Waals surface area contributed by atoms with Crippen molar-refractivity contribution in [3.63, 3.8) is 0 Å². The van der Waals surface area contributed by atoms with Gasteiger partial charge in [0.15, 0.2) is 0 Å². The molecule has 0 radical (unpaired) electrons. The summed E-state index contributed by atoms with van der Waals surface area (Å²) in [7, 11) is 1.65. The van der Waals surface area contributed by atoms with E-state index in [1.54, 1.807) is 19.2 Å². The lowest BCUT2D eigenvalue weighted by molar-refractivity contribution is -0.384. The topological polar surface area (TPSA) is 84.6 Å². The zero-order valence-corrected chi connectivity index (χ0v) is 11.2. The first-order valence-electron chi connectivity index (χ1n) is 6.19. The third kappa shape index (κ3) is 5.34. The lowest BCUT2D eigenvalue weighted by Gasteiger charge is -2.17. The number of nitrogens with one attached hydrogen (secondary N) is 1. The Morgan fingerprint density at radius 3 is 2.58 bits per heavy atom. The van der Waals surface area contributed by atoms with Crippen molar-refractivity contribution in [1.29, 1.82) is 0 Å². The SMILES string of the molecule is COCCC(C)NCC(O)c1ccc([N+](=O)[O-])cc1. The van der Waals surface area contributed by atoms with Crippen LogP contribution >= 0.6 is 0 Å². The zero-order valence-electron chi connectivity index (χ0n) is 11.2. The fraction of sp³-hybridized carbons (Fsp3) is 0.538. The van der Waals surface area contributed by atoms with Gasteiger partial charge in [0.2, 0.25) is 0 Å². The van der Waals surface area contributed by atoms with Crippen LogP contribution in [0, 0.1) is 10.1 Å². The Balaban J connectivity index is 2.44. The van der Waals surface area contributed by atoms with Crippen molar-refractivity contribution in [2.24, 2.45) is 0 Å². The van der Waals surface area contributed by atoms with Crippen LogP contribution in [0.25, 0.3) is 0 Å². The van der Waals surface area contributed by atoms with Gasteiger partial charge >= 0.3 is 0 Å². The number of nitro groups is 1. The molecule has 1 aromatic rings. The number of hydrogen-bond acceptors (Lipinski definition) is 5. The van der Waals surface area contributed by atoms with Crippen molar-refractivity contribution in [3.05, 3.63) is 39.9 Å². The minimum Gasteiger partial charge on any atom is -0.387 e. The van der Waals surface area contributed by atoms with E-state index in [4.69, 9.17) is 4.74 Å². The maximum atomic E-state index is 10.5. The minimum absolute atomic E-state index is 0.0253. The summed E-state index contributed by atoms with van der Waals surface area (Å²) in [5.41, 5.74) is 0.689. The first-order valence-corrected chi connectivity index (χ1v) is 6.19. The van der Waals surface area contributed by atoms with Gasteiger partial charge in [0.25, 0.3) is 5.69 Å². The minimum atomic E-state index is -0.675. The smallest absolute Gasteiger partial charge is 0.269 e. The molecule has 2 N–H and O–H groups in total. The molecule has 1 rings (SSSR count). The van der Waals surface area contributed by atoms with E-state index in [1.165, 1.54) is 12.1 Å². The van der Waals surface area contributed by atoms with Crippen molar-refractivity contribution in [2.75, 3.05) is 20.3 Å². The molecule has 0 bridgehead atoms. The number of nitrogens with zero attached hydrogens (tertiary/aromatic N) is 1. The van der Waals surface area contributed by atoms with E-state index in [2.05, 4.69) is 5.32 Å². The van der Waals surface area contributed by atoms with Gasteiger partial charge in [0.05, 0.1) is 11.0 Å². The van der Waals surface area contributed by atoms with Crippen molar-refractivity contribution in [2.45, 2.75) is 25.5 Å². The number of benzene rings is 1. The van der Waals surface area contributed by atoms with E-state index in [0.717, 1.165) is 6.42 Å². The second-order valence-electron chi connectivity index (χ2n) is 4.46. The largest absolute Gasteiger partial charge is 0.387 e. The summed E-state index contributed by atoms with van der Waals surface area (Å²) in [5.74, 6) is 0. The molecule has 0 saturated carbocycles. The predicted octanol–water partition coefficient (Wildman–Crippen LogP) is 1.64. The average molecular weight is 268 g/mol. The van der Waals surface area contributed by atoms with Gasteiger partial charge in [-0.3, -0.25) is 10.1 Å². The highest BCUT2D eigenvalue weighted by Crippen LogP contribution is 2.17. The van der Waals surface area contributed by atoms with E-state index >= 15 is 0 Å². The molecule has 2 atom stereocenters. The molecule has 0 heterocycles. The number of non-ortho nitro benzene ring substituents is 1. The number of nitro benzene ring substituents is 1. The normalized spacial score (nSPS) is 14.1. The molecule has 6 heteroatoms. The summed E-state index contributed by atoms with van der Waals surface area (Å²) in [5, 5.41) is 23.7. The summed E-state index contributed by atoms with van der Waals surface area (Å²) in [4.78, 5) is 10.1. The van der Waals surface area contributed by atoms with Crippen LogP contribution in [0.4, 0.5) is 5.69 Å². The van der Waals surface area contributed by atoms with Gasteiger partial charge in [-0.15, -0.1) is 0 Å². The number of methoxy groups -OCH3 is 1. The van der Waals surface area contributed by atoms with Crippen molar-refractivity contribution >= 4 is 5.69 Å². The van der Waals surface area contributed by atoms with Gasteiger partial charge in [0, 0.05) is 38.4 Å². The lowest BCUT2D eigenvalue weighted by atomic mass is 10.1. The summed E-state index contributed by atoms with van der Waals surface area (Å²) in [6.45, 7) is 3.09. The van der Waals surface area contributed by atoms with Gasteiger partial charge in [-0.2, -0.15) is 0 Å². The Morgan fingerprint density at radius 2 is 2.05 bits per heavy atom. The number of rotatable bonds is 8. The highest BCUT2D eigenvalue weighted by atomic mass is 16.6. The fourth-order valence-electron chi connectivity index (χ4n) is 1.65. The Labute approximate surface area is 112 Å². The molecule has 1 aromatic carbocycles. The summed E-state index contributed by atoms with van der Waals surface area (Å²) in [6.07, 6.45) is 0.189. The van der Waals surface area contributed by atoms with Gasteiger partial charge < -0.3 is 15.2 Å². The van der Waals surface area contributed by atoms with Gasteiger partial charge in [-0.1, -0.05) is 0 Å². The first-order chi connectivity index (χ1) is 9.04. The number of hydrogen-bond donors (Lipinski definition) is 2. The molecule has 0 aliphatic carbocycles. The van der Waals surface area contributed by atoms with Gasteiger partial charge in [-0.25, -0.2) is 0 Å². The predicted molar refractivity (Wildman–Crippen MR) is 72.0 cm³/mol. The van der Waals surface area contributed by atoms with Crippen molar-refractivity contribution in [1.82, 2.24) is 5.32 Å². The van der Waals surface area contributed by atoms with E-state index in [-0.39, 0.29) is 11.7 Å². The van der Waals surface area contributed by atoms with Crippen LogP contribution in [-0.4, -0.2) is 36.3 Å². The van der Waals surface area contributed by atoms with Crippen LogP contribution < -0.4 is 5.32 Å². The molecular formula is C13H20N2O4. The Kier molecular flexibility index (Phi) is 6.41. The summed E-state index contributed by atoms with van der Waals surface area (Å²) >= 11 is 0. The fourth-order valence-corrected chi connectivity index (χ4v) is 1.65. The van der Waals surface area contributed by atoms with Crippen LogP contribution in [0.3, 0.4) is 0 Å². The molecule has 0 saturated heterocycles. The molecule has 19 heavy (non-hydrogen) atoms. The molecule has 0 fully saturated rings. The Morgan fingerprint density at radius 1 is 1.42 bits per heavy atom. The second kappa shape index (κ2) is 7.83. The third-order valence-electron chi connectivity index (χ3n) is 2.90. The Hall–Kier alpha value is -1.50. The first kappa shape index (κ1) is 15.6. The molecule has 2 unspecified atom stereocenters. The maximum Gasteiger partial charge on any atom is 0.269 e. The molecule has 0 amide bonds. The number of aliphatic hydroxyl groups excluding tert-OH is 1. The average Bonchev–Trinajstić information content (AvgIpc) is 2.42. The molecule has 0 aliphatic heterocycles. The molecular weight excluding hydrogens is 248 g/mol. The van der Waals surface area contributed by atoms with E-state index in [9.17, 15) is 15.2 Å². The third-order valence-corrected chi connectivity index (χ3v) is 2.90. The van der Waals surface area contributed by atoms with E-state index in [1.807, 2.05) is 6.92 Å². The standard InChI is InChI=1S/C13H20N2O4/c1-10(7-8-19-2)14-9-13(16)11-3-5-12(6-4-11)15(17)18/h3-6,10,13-14,16H,7-9H2,1-2H3. The van der Waals surface area contributed by atoms with Crippen LogP contribution in [0.5, 0.6) is 0 Å². The van der Waals surface area contributed by atoms with Crippen molar-refractivity contribution < 1.29 is 14.8 Å². The van der Waals surface area contributed by atoms with E-state index in [0.29, 0.717) is 18.7 Å². The molecule has 106 valence electrons. The van der Waals surface area contributed by atoms with Crippen LogP contribution in [0.2, 0.25) is 0 Å². The van der Waals surface area contributed by atoms with Crippen molar-refractivity contribution in [3.8, 4) is 0 Å². The molecule has 0 aliphatic rings. The molecule has 6 nitrogen and oxygen atoms in total. The highest BCUT2D eigenvalue weighted by Gasteiger charge is 2.11. The highest BCUT2D eigenvalue weighted by molar-refractivity contribution is 5.33. The quantitative estimate of drug-likeness (QED) is 0.553. The van der Waals surface area contributed by atoms with Gasteiger partial charge in [0.1, 0.15) is 0 Å². The summed E-state index contributed by atoms with van der Waals surface area (Å²) < 4.78 is 4.97.